The standard InChI is InChI=1S/C19H22N4O2S/c1-4-13(5-2)17-21-22-19(26-17)20-16(24)10-11-23-12(3)14-8-6-7-9-15(14)18(23)25/h6-9,13H,3-5,10-11H2,1-2H3,(H,20,22,24). The van der Waals surface area contributed by atoms with Crippen LogP contribution in [0.4, 0.5) is 5.13 Å². The molecule has 2 aromatic rings. The van der Waals surface area contributed by atoms with Crippen LogP contribution >= 0.6 is 11.3 Å². The summed E-state index contributed by atoms with van der Waals surface area (Å²) in [4.78, 5) is 26.2. The van der Waals surface area contributed by atoms with E-state index >= 15 is 0 Å². The molecular weight excluding hydrogens is 348 g/mol. The topological polar surface area (TPSA) is 75.2 Å². The van der Waals surface area contributed by atoms with Gasteiger partial charge >= 0.3 is 0 Å². The van der Waals surface area contributed by atoms with Crippen LogP contribution in [0.15, 0.2) is 30.8 Å². The van der Waals surface area contributed by atoms with E-state index in [9.17, 15) is 9.59 Å². The van der Waals surface area contributed by atoms with E-state index in [1.54, 1.807) is 11.0 Å². The Morgan fingerprint density at radius 2 is 1.92 bits per heavy atom. The van der Waals surface area contributed by atoms with Crippen molar-refractivity contribution in [1.82, 2.24) is 15.1 Å². The molecule has 1 aromatic heterocycles. The first-order valence-corrected chi connectivity index (χ1v) is 9.60. The zero-order valence-electron chi connectivity index (χ0n) is 15.0. The molecule has 0 atom stereocenters. The molecule has 6 nitrogen and oxygen atoms in total. The van der Waals surface area contributed by atoms with Gasteiger partial charge in [-0.1, -0.05) is 50.0 Å². The lowest BCUT2D eigenvalue weighted by Crippen LogP contribution is -2.27. The molecule has 2 heterocycles. The summed E-state index contributed by atoms with van der Waals surface area (Å²) >= 11 is 1.42. The van der Waals surface area contributed by atoms with Crippen LogP contribution in [0.5, 0.6) is 0 Å². The second-order valence-corrected chi connectivity index (χ2v) is 7.22. The second kappa shape index (κ2) is 7.78. The molecule has 1 N–H and O–H groups in total. The van der Waals surface area contributed by atoms with Crippen molar-refractivity contribution >= 4 is 34.0 Å². The molecule has 0 saturated carbocycles. The van der Waals surface area contributed by atoms with E-state index in [1.165, 1.54) is 11.3 Å². The van der Waals surface area contributed by atoms with Crippen molar-refractivity contribution in [2.45, 2.75) is 39.0 Å². The SMILES string of the molecule is C=C1c2ccccc2C(=O)N1CCC(=O)Nc1nnc(C(CC)CC)s1. The minimum atomic E-state index is -0.186. The molecule has 3 rings (SSSR count). The van der Waals surface area contributed by atoms with E-state index < -0.39 is 0 Å². The van der Waals surface area contributed by atoms with Crippen LogP contribution in [0, 0.1) is 0 Å². The lowest BCUT2D eigenvalue weighted by atomic mass is 10.1. The van der Waals surface area contributed by atoms with Gasteiger partial charge in [0.2, 0.25) is 11.0 Å². The third-order valence-electron chi connectivity index (χ3n) is 4.62. The summed E-state index contributed by atoms with van der Waals surface area (Å²) in [6.07, 6.45) is 2.18. The van der Waals surface area contributed by atoms with Crippen molar-refractivity contribution in [2.75, 3.05) is 11.9 Å². The molecule has 0 radical (unpaired) electrons. The zero-order chi connectivity index (χ0) is 18.7. The Morgan fingerprint density at radius 1 is 1.23 bits per heavy atom. The molecule has 1 aliphatic heterocycles. The lowest BCUT2D eigenvalue weighted by molar-refractivity contribution is -0.116. The van der Waals surface area contributed by atoms with Gasteiger partial charge in [0, 0.05) is 35.7 Å². The number of nitrogens with zero attached hydrogens (tertiary/aromatic N) is 3. The Labute approximate surface area is 156 Å². The Morgan fingerprint density at radius 3 is 2.58 bits per heavy atom. The number of aromatic nitrogens is 2. The number of amides is 2. The Kier molecular flexibility index (Phi) is 5.46. The summed E-state index contributed by atoms with van der Waals surface area (Å²) in [6, 6.07) is 7.35. The molecule has 0 unspecified atom stereocenters. The normalized spacial score (nSPS) is 13.4. The first kappa shape index (κ1) is 18.3. The van der Waals surface area contributed by atoms with Crippen molar-refractivity contribution in [3.8, 4) is 0 Å². The molecule has 26 heavy (non-hydrogen) atoms. The van der Waals surface area contributed by atoms with Crippen molar-refractivity contribution < 1.29 is 9.59 Å². The first-order valence-electron chi connectivity index (χ1n) is 8.78. The number of benzene rings is 1. The van der Waals surface area contributed by atoms with Gasteiger partial charge < -0.3 is 10.2 Å². The van der Waals surface area contributed by atoms with E-state index in [0.29, 0.717) is 22.3 Å². The van der Waals surface area contributed by atoms with Gasteiger partial charge in [-0.3, -0.25) is 9.59 Å². The van der Waals surface area contributed by atoms with Gasteiger partial charge in [0.15, 0.2) is 0 Å². The highest BCUT2D eigenvalue weighted by atomic mass is 32.1. The summed E-state index contributed by atoms with van der Waals surface area (Å²) < 4.78 is 0. The number of nitrogens with one attached hydrogen (secondary N) is 1. The molecule has 0 spiro atoms. The third kappa shape index (κ3) is 3.53. The quantitative estimate of drug-likeness (QED) is 0.802. The molecule has 0 aliphatic carbocycles. The summed E-state index contributed by atoms with van der Waals surface area (Å²) in [5, 5.41) is 12.5. The predicted molar refractivity (Wildman–Crippen MR) is 103 cm³/mol. The fraction of sp³-hybridized carbons (Fsp3) is 0.368. The van der Waals surface area contributed by atoms with E-state index in [-0.39, 0.29) is 24.8 Å². The maximum atomic E-state index is 12.4. The lowest BCUT2D eigenvalue weighted by Gasteiger charge is -2.16. The van der Waals surface area contributed by atoms with Crippen LogP contribution in [-0.2, 0) is 4.79 Å². The smallest absolute Gasteiger partial charge is 0.258 e. The molecule has 2 amide bonds. The summed E-state index contributed by atoms with van der Waals surface area (Å²) in [7, 11) is 0. The Balaban J connectivity index is 1.57. The average molecular weight is 370 g/mol. The van der Waals surface area contributed by atoms with E-state index in [2.05, 4.69) is 35.9 Å². The van der Waals surface area contributed by atoms with E-state index in [0.717, 1.165) is 23.4 Å². The molecule has 1 aliphatic rings. The summed E-state index contributed by atoms with van der Waals surface area (Å²) in [5.41, 5.74) is 2.11. The van der Waals surface area contributed by atoms with Gasteiger partial charge in [0.05, 0.1) is 0 Å². The number of carbonyl (C=O) groups excluding carboxylic acids is 2. The van der Waals surface area contributed by atoms with Crippen LogP contribution in [0.2, 0.25) is 0 Å². The number of hydrogen-bond donors (Lipinski definition) is 1. The van der Waals surface area contributed by atoms with Crippen LogP contribution in [0.1, 0.15) is 60.0 Å². The molecule has 7 heteroatoms. The highest BCUT2D eigenvalue weighted by molar-refractivity contribution is 7.15. The predicted octanol–water partition coefficient (Wildman–Crippen LogP) is 3.90. The second-order valence-electron chi connectivity index (χ2n) is 6.21. The fourth-order valence-corrected chi connectivity index (χ4v) is 4.08. The van der Waals surface area contributed by atoms with Crippen LogP contribution < -0.4 is 5.32 Å². The highest BCUT2D eigenvalue weighted by Crippen LogP contribution is 2.31. The van der Waals surface area contributed by atoms with Crippen molar-refractivity contribution in [2.24, 2.45) is 0 Å². The monoisotopic (exact) mass is 370 g/mol. The third-order valence-corrected chi connectivity index (χ3v) is 5.62. The number of hydrogen-bond acceptors (Lipinski definition) is 5. The van der Waals surface area contributed by atoms with Gasteiger partial charge in [-0.25, -0.2) is 0 Å². The zero-order valence-corrected chi connectivity index (χ0v) is 15.8. The maximum absolute atomic E-state index is 12.4. The molecule has 0 fully saturated rings. The van der Waals surface area contributed by atoms with Gasteiger partial charge in [-0.2, -0.15) is 0 Å². The Hall–Kier alpha value is -2.54. The van der Waals surface area contributed by atoms with Crippen LogP contribution in [0.25, 0.3) is 5.70 Å². The molecule has 1 aromatic carbocycles. The fourth-order valence-electron chi connectivity index (χ4n) is 3.05. The van der Waals surface area contributed by atoms with Crippen molar-refractivity contribution in [3.63, 3.8) is 0 Å². The van der Waals surface area contributed by atoms with Crippen LogP contribution in [-0.4, -0.2) is 33.5 Å². The largest absolute Gasteiger partial charge is 0.308 e. The van der Waals surface area contributed by atoms with Gasteiger partial charge in [-0.15, -0.1) is 10.2 Å². The molecule has 136 valence electrons. The number of anilines is 1. The molecule has 0 bridgehead atoms. The Bertz CT molecular complexity index is 807. The number of rotatable bonds is 7. The minimum absolute atomic E-state index is 0.106. The van der Waals surface area contributed by atoms with Crippen molar-refractivity contribution in [1.29, 1.82) is 0 Å². The van der Waals surface area contributed by atoms with Crippen LogP contribution in [0.3, 0.4) is 0 Å². The number of carbonyl (C=O) groups is 2. The molecule has 0 saturated heterocycles. The summed E-state index contributed by atoms with van der Waals surface area (Å²) in [6.45, 7) is 8.51. The highest BCUT2D eigenvalue weighted by Gasteiger charge is 2.30. The molecular formula is C19H22N4O2S. The minimum Gasteiger partial charge on any atom is -0.308 e. The summed E-state index contributed by atoms with van der Waals surface area (Å²) in [5.74, 6) is 0.0846. The van der Waals surface area contributed by atoms with Gasteiger partial charge in [0.1, 0.15) is 5.01 Å². The number of fused-ring (bicyclic) bond motifs is 1. The van der Waals surface area contributed by atoms with Gasteiger partial charge in [-0.05, 0) is 18.9 Å². The van der Waals surface area contributed by atoms with Gasteiger partial charge in [0.25, 0.3) is 5.91 Å². The first-order chi connectivity index (χ1) is 12.5. The van der Waals surface area contributed by atoms with E-state index in [1.807, 2.05) is 18.2 Å². The van der Waals surface area contributed by atoms with Crippen molar-refractivity contribution in [3.05, 3.63) is 47.0 Å². The average Bonchev–Trinajstić information content (AvgIpc) is 3.19. The maximum Gasteiger partial charge on any atom is 0.258 e. The van der Waals surface area contributed by atoms with E-state index in [4.69, 9.17) is 0 Å².